The molecule has 0 fully saturated rings. The SMILES string of the molecule is N#COc1ccccc1C=O.O=S(=O)(O)O. The van der Waals surface area contributed by atoms with Crippen LogP contribution in [0.4, 0.5) is 0 Å². The summed E-state index contributed by atoms with van der Waals surface area (Å²) in [6.45, 7) is 0. The van der Waals surface area contributed by atoms with Crippen LogP contribution >= 0.6 is 0 Å². The van der Waals surface area contributed by atoms with Crippen LogP contribution in [0.3, 0.4) is 0 Å². The molecule has 0 heterocycles. The van der Waals surface area contributed by atoms with Crippen molar-refractivity contribution < 1.29 is 27.1 Å². The lowest BCUT2D eigenvalue weighted by Crippen LogP contribution is -1.89. The van der Waals surface area contributed by atoms with E-state index < -0.39 is 10.4 Å². The summed E-state index contributed by atoms with van der Waals surface area (Å²) in [5.74, 6) is 0.296. The minimum Gasteiger partial charge on any atom is -0.387 e. The van der Waals surface area contributed by atoms with Crippen molar-refractivity contribution in [1.29, 1.82) is 5.26 Å². The molecule has 0 unspecified atom stereocenters. The molecule has 8 heteroatoms. The predicted molar refractivity (Wildman–Crippen MR) is 52.2 cm³/mol. The van der Waals surface area contributed by atoms with Crippen LogP contribution in [0.1, 0.15) is 10.4 Å². The second-order valence-corrected chi connectivity index (χ2v) is 3.19. The van der Waals surface area contributed by atoms with Crippen molar-refractivity contribution in [2.75, 3.05) is 0 Å². The largest absolute Gasteiger partial charge is 0.394 e. The van der Waals surface area contributed by atoms with Gasteiger partial charge >= 0.3 is 10.4 Å². The Kier molecular flexibility index (Phi) is 5.72. The molecule has 0 radical (unpaired) electrons. The maximum atomic E-state index is 10.3. The molecule has 2 N–H and O–H groups in total. The minimum absolute atomic E-state index is 0.296. The van der Waals surface area contributed by atoms with Gasteiger partial charge in [0, 0.05) is 0 Å². The first-order chi connectivity index (χ1) is 7.38. The summed E-state index contributed by atoms with van der Waals surface area (Å²) < 4.78 is 36.1. The van der Waals surface area contributed by atoms with E-state index in [2.05, 4.69) is 4.74 Å². The van der Waals surface area contributed by atoms with Gasteiger partial charge in [-0.1, -0.05) is 12.1 Å². The highest BCUT2D eigenvalue weighted by Crippen LogP contribution is 2.14. The zero-order valence-electron chi connectivity index (χ0n) is 7.77. The quantitative estimate of drug-likeness (QED) is 0.446. The van der Waals surface area contributed by atoms with Crippen LogP contribution in [0.25, 0.3) is 0 Å². The third-order valence-corrected chi connectivity index (χ3v) is 1.20. The van der Waals surface area contributed by atoms with Crippen molar-refractivity contribution in [2.24, 2.45) is 0 Å². The van der Waals surface area contributed by atoms with Crippen molar-refractivity contribution in [1.82, 2.24) is 0 Å². The third-order valence-electron chi connectivity index (χ3n) is 1.20. The molecule has 0 saturated carbocycles. The van der Waals surface area contributed by atoms with E-state index in [1.165, 1.54) is 6.26 Å². The Labute approximate surface area is 91.5 Å². The van der Waals surface area contributed by atoms with Crippen LogP contribution in [0, 0.1) is 11.5 Å². The molecule has 1 aromatic rings. The number of carbonyl (C=O) groups excluding carboxylic acids is 1. The summed E-state index contributed by atoms with van der Waals surface area (Å²) >= 11 is 0. The molecule has 0 amide bonds. The first-order valence-electron chi connectivity index (χ1n) is 3.68. The minimum atomic E-state index is -4.67. The summed E-state index contributed by atoms with van der Waals surface area (Å²) in [6.07, 6.45) is 2.15. The first kappa shape index (κ1) is 14.1. The second-order valence-electron chi connectivity index (χ2n) is 2.30. The number of hydrogen-bond donors (Lipinski definition) is 2. The van der Waals surface area contributed by atoms with Crippen LogP contribution in [-0.2, 0) is 10.4 Å². The van der Waals surface area contributed by atoms with E-state index in [9.17, 15) is 4.79 Å². The number of nitriles is 1. The molecule has 7 nitrogen and oxygen atoms in total. The Hall–Kier alpha value is -1.95. The standard InChI is InChI=1S/C8H5NO2.H2O4S/c9-6-11-8-4-2-1-3-7(8)5-10;1-5(2,3)4/h1-5H;(H2,1,2,3,4). The zero-order valence-corrected chi connectivity index (χ0v) is 8.59. The molecule has 0 atom stereocenters. The highest BCUT2D eigenvalue weighted by Gasteiger charge is 1.99. The summed E-state index contributed by atoms with van der Waals surface area (Å²) in [4.78, 5) is 10.3. The van der Waals surface area contributed by atoms with Crippen molar-refractivity contribution in [3.8, 4) is 12.0 Å². The van der Waals surface area contributed by atoms with Gasteiger partial charge in [0.15, 0.2) is 12.0 Å². The van der Waals surface area contributed by atoms with Crippen molar-refractivity contribution >= 4 is 16.7 Å². The van der Waals surface area contributed by atoms with Crippen LogP contribution in [0.15, 0.2) is 24.3 Å². The fourth-order valence-corrected chi connectivity index (χ4v) is 0.720. The topological polar surface area (TPSA) is 125 Å². The smallest absolute Gasteiger partial charge is 0.387 e. The monoisotopic (exact) mass is 245 g/mol. The van der Waals surface area contributed by atoms with Gasteiger partial charge in [-0.25, -0.2) is 0 Å². The van der Waals surface area contributed by atoms with E-state index in [1.54, 1.807) is 24.3 Å². The van der Waals surface area contributed by atoms with E-state index in [0.717, 1.165) is 0 Å². The van der Waals surface area contributed by atoms with Crippen LogP contribution < -0.4 is 4.74 Å². The van der Waals surface area contributed by atoms with E-state index in [1.807, 2.05) is 0 Å². The lowest BCUT2D eigenvalue weighted by molar-refractivity contribution is 0.112. The molecule has 0 aliphatic carbocycles. The lowest BCUT2D eigenvalue weighted by Gasteiger charge is -1.96. The van der Waals surface area contributed by atoms with Gasteiger partial charge in [0.25, 0.3) is 6.26 Å². The van der Waals surface area contributed by atoms with Gasteiger partial charge in [0.2, 0.25) is 0 Å². The Bertz CT molecular complexity index is 481. The van der Waals surface area contributed by atoms with E-state index in [-0.39, 0.29) is 0 Å². The normalized spacial score (nSPS) is 9.31. The molecule has 1 aromatic carbocycles. The average Bonchev–Trinajstić information content (AvgIpc) is 2.16. The number of nitrogens with zero attached hydrogens (tertiary/aromatic N) is 1. The number of rotatable bonds is 2. The lowest BCUT2D eigenvalue weighted by atomic mass is 10.2. The summed E-state index contributed by atoms with van der Waals surface area (Å²) in [6, 6.07) is 6.54. The molecule has 86 valence electrons. The molecule has 0 bridgehead atoms. The van der Waals surface area contributed by atoms with Gasteiger partial charge in [0.05, 0.1) is 5.56 Å². The van der Waals surface area contributed by atoms with Crippen LogP contribution in [0.5, 0.6) is 5.75 Å². The van der Waals surface area contributed by atoms with E-state index >= 15 is 0 Å². The van der Waals surface area contributed by atoms with Crippen molar-refractivity contribution in [3.63, 3.8) is 0 Å². The molecule has 0 aliphatic rings. The average molecular weight is 245 g/mol. The maximum absolute atomic E-state index is 10.3. The molecule has 16 heavy (non-hydrogen) atoms. The molecule has 0 spiro atoms. The van der Waals surface area contributed by atoms with Gasteiger partial charge in [-0.15, -0.1) is 5.26 Å². The summed E-state index contributed by atoms with van der Waals surface area (Å²) in [5, 5.41) is 8.15. The van der Waals surface area contributed by atoms with Gasteiger partial charge < -0.3 is 4.74 Å². The van der Waals surface area contributed by atoms with Crippen LogP contribution in [-0.4, -0.2) is 23.8 Å². The van der Waals surface area contributed by atoms with Crippen molar-refractivity contribution in [2.45, 2.75) is 0 Å². The zero-order chi connectivity index (χ0) is 12.6. The Morgan fingerprint density at radius 3 is 2.25 bits per heavy atom. The number of para-hydroxylation sites is 1. The number of aldehydes is 1. The molecule has 1 rings (SSSR count). The molecular formula is C8H7NO6S. The molecule has 0 aliphatic heterocycles. The number of ether oxygens (including phenoxy) is 1. The second kappa shape index (κ2) is 6.52. The fourth-order valence-electron chi connectivity index (χ4n) is 0.720. The predicted octanol–water partition coefficient (Wildman–Crippen LogP) is 0.706. The highest BCUT2D eigenvalue weighted by atomic mass is 32.3. The van der Waals surface area contributed by atoms with Gasteiger partial charge in [0.1, 0.15) is 0 Å². The van der Waals surface area contributed by atoms with Gasteiger partial charge in [-0.3, -0.25) is 13.9 Å². The third kappa shape index (κ3) is 7.45. The Morgan fingerprint density at radius 1 is 1.31 bits per heavy atom. The fraction of sp³-hybridized carbons (Fsp3) is 0. The van der Waals surface area contributed by atoms with Gasteiger partial charge in [-0.2, -0.15) is 8.42 Å². The first-order valence-corrected chi connectivity index (χ1v) is 5.08. The number of benzene rings is 1. The molecular weight excluding hydrogens is 238 g/mol. The highest BCUT2D eigenvalue weighted by molar-refractivity contribution is 7.79. The van der Waals surface area contributed by atoms with Crippen LogP contribution in [0.2, 0.25) is 0 Å². The number of hydrogen-bond acceptors (Lipinski definition) is 5. The van der Waals surface area contributed by atoms with Gasteiger partial charge in [-0.05, 0) is 12.1 Å². The molecule has 0 aromatic heterocycles. The van der Waals surface area contributed by atoms with E-state index in [0.29, 0.717) is 17.6 Å². The summed E-state index contributed by atoms with van der Waals surface area (Å²) in [5.41, 5.74) is 0.383. The van der Waals surface area contributed by atoms with Crippen molar-refractivity contribution in [3.05, 3.63) is 29.8 Å². The maximum Gasteiger partial charge on any atom is 0.394 e. The number of carbonyl (C=O) groups is 1. The Morgan fingerprint density at radius 2 is 1.81 bits per heavy atom. The molecule has 0 saturated heterocycles. The Balaban J connectivity index is 0.000000385. The summed E-state index contributed by atoms with van der Waals surface area (Å²) in [7, 11) is -4.67. The van der Waals surface area contributed by atoms with E-state index in [4.69, 9.17) is 22.8 Å².